The van der Waals surface area contributed by atoms with E-state index in [1.807, 2.05) is 6.07 Å². The molecule has 0 aromatic heterocycles. The van der Waals surface area contributed by atoms with Gasteiger partial charge >= 0.3 is 0 Å². The van der Waals surface area contributed by atoms with Crippen molar-refractivity contribution in [3.8, 4) is 0 Å². The third-order valence-electron chi connectivity index (χ3n) is 2.13. The number of rotatable bonds is 1. The molecular weight excluding hydrogens is 200 g/mol. The molecule has 0 saturated heterocycles. The molecule has 1 aromatic rings. The Morgan fingerprint density at radius 3 is 2.73 bits per heavy atom. The third kappa shape index (κ3) is 1.34. The highest BCUT2D eigenvalue weighted by atomic mass is 79.9. The van der Waals surface area contributed by atoms with E-state index < -0.39 is 0 Å². The molecule has 0 N–H and O–H groups in total. The van der Waals surface area contributed by atoms with Crippen molar-refractivity contribution >= 4 is 15.9 Å². The number of halogens is 1. The molecule has 0 bridgehead atoms. The highest BCUT2D eigenvalue weighted by molar-refractivity contribution is 9.10. The van der Waals surface area contributed by atoms with Gasteiger partial charge in [0.15, 0.2) is 0 Å². The summed E-state index contributed by atoms with van der Waals surface area (Å²) in [6, 6.07) is 6.31. The molecule has 0 aliphatic heterocycles. The van der Waals surface area contributed by atoms with Crippen molar-refractivity contribution in [1.29, 1.82) is 0 Å². The summed E-state index contributed by atoms with van der Waals surface area (Å²) in [4.78, 5) is 0. The molecule has 0 amide bonds. The van der Waals surface area contributed by atoms with E-state index in [0.717, 1.165) is 11.5 Å². The first-order chi connectivity index (χ1) is 5.29. The van der Waals surface area contributed by atoms with Crippen molar-refractivity contribution in [3.63, 3.8) is 0 Å². The van der Waals surface area contributed by atoms with Crippen molar-refractivity contribution in [1.82, 2.24) is 0 Å². The van der Waals surface area contributed by atoms with Crippen LogP contribution in [0.1, 0.15) is 29.9 Å². The molecule has 2 rings (SSSR count). The van der Waals surface area contributed by atoms with Gasteiger partial charge in [0, 0.05) is 4.47 Å². The largest absolute Gasteiger partial charge is 0.0616 e. The smallest absolute Gasteiger partial charge is 0.0242 e. The van der Waals surface area contributed by atoms with Crippen LogP contribution in [0.25, 0.3) is 0 Å². The standard InChI is InChI=1S/C10H10Br/c1-7-3-2-4-9(10(7)11)8-5-6-8/h2-4,8H,1,5-6H2. The van der Waals surface area contributed by atoms with Gasteiger partial charge in [0.2, 0.25) is 0 Å². The van der Waals surface area contributed by atoms with Crippen LogP contribution >= 0.6 is 15.9 Å². The molecule has 1 fully saturated rings. The first-order valence-corrected chi connectivity index (χ1v) is 4.68. The van der Waals surface area contributed by atoms with E-state index in [0.29, 0.717) is 0 Å². The van der Waals surface area contributed by atoms with Crippen molar-refractivity contribution in [2.24, 2.45) is 0 Å². The first-order valence-electron chi connectivity index (χ1n) is 3.89. The average molecular weight is 210 g/mol. The van der Waals surface area contributed by atoms with E-state index in [-0.39, 0.29) is 0 Å². The van der Waals surface area contributed by atoms with E-state index in [9.17, 15) is 0 Å². The fourth-order valence-corrected chi connectivity index (χ4v) is 1.90. The maximum atomic E-state index is 3.94. The zero-order chi connectivity index (χ0) is 7.84. The van der Waals surface area contributed by atoms with E-state index >= 15 is 0 Å². The zero-order valence-electron chi connectivity index (χ0n) is 6.31. The molecular formula is C10H10Br. The molecule has 0 heterocycles. The molecule has 1 aliphatic rings. The summed E-state index contributed by atoms with van der Waals surface area (Å²) in [5.74, 6) is 0.811. The second kappa shape index (κ2) is 2.63. The Morgan fingerprint density at radius 1 is 1.36 bits per heavy atom. The van der Waals surface area contributed by atoms with Crippen LogP contribution in [-0.4, -0.2) is 0 Å². The predicted molar refractivity (Wildman–Crippen MR) is 50.6 cm³/mol. The Hall–Kier alpha value is -0.300. The first kappa shape index (κ1) is 7.35. The molecule has 1 aromatic carbocycles. The second-order valence-corrected chi connectivity index (χ2v) is 3.89. The summed E-state index contributed by atoms with van der Waals surface area (Å²) in [6.45, 7) is 3.94. The van der Waals surface area contributed by atoms with Gasteiger partial charge in [0.25, 0.3) is 0 Å². The maximum absolute atomic E-state index is 3.94. The topological polar surface area (TPSA) is 0 Å². The minimum absolute atomic E-state index is 0.811. The fraction of sp³-hybridized carbons (Fsp3) is 0.300. The van der Waals surface area contributed by atoms with Crippen molar-refractivity contribution in [2.75, 3.05) is 0 Å². The Kier molecular flexibility index (Phi) is 1.76. The van der Waals surface area contributed by atoms with E-state index in [1.54, 1.807) is 0 Å². The minimum Gasteiger partial charge on any atom is -0.0616 e. The Balaban J connectivity index is 2.45. The molecule has 0 spiro atoms. The van der Waals surface area contributed by atoms with Crippen molar-refractivity contribution in [2.45, 2.75) is 18.8 Å². The summed E-state index contributed by atoms with van der Waals surface area (Å²) in [7, 11) is 0. The average Bonchev–Trinajstić information content (AvgIpc) is 2.77. The highest BCUT2D eigenvalue weighted by Crippen LogP contribution is 2.43. The van der Waals surface area contributed by atoms with Gasteiger partial charge in [-0.1, -0.05) is 34.1 Å². The number of hydrogen-bond acceptors (Lipinski definition) is 0. The van der Waals surface area contributed by atoms with Crippen LogP contribution in [0.5, 0.6) is 0 Å². The summed E-state index contributed by atoms with van der Waals surface area (Å²) >= 11 is 3.56. The second-order valence-electron chi connectivity index (χ2n) is 3.09. The van der Waals surface area contributed by atoms with Crippen LogP contribution in [0.3, 0.4) is 0 Å². The monoisotopic (exact) mass is 209 g/mol. The molecule has 57 valence electrons. The molecule has 0 atom stereocenters. The lowest BCUT2D eigenvalue weighted by Gasteiger charge is -2.03. The van der Waals surface area contributed by atoms with Gasteiger partial charge in [-0.25, -0.2) is 0 Å². The summed E-state index contributed by atoms with van der Waals surface area (Å²) < 4.78 is 1.21. The summed E-state index contributed by atoms with van der Waals surface area (Å²) in [6.07, 6.45) is 2.70. The molecule has 1 heteroatoms. The van der Waals surface area contributed by atoms with Gasteiger partial charge in [-0.2, -0.15) is 0 Å². The van der Waals surface area contributed by atoms with Gasteiger partial charge in [0.1, 0.15) is 0 Å². The minimum atomic E-state index is 0.811. The molecule has 0 unspecified atom stereocenters. The number of hydrogen-bond donors (Lipinski definition) is 0. The Bertz CT molecular complexity index is 274. The summed E-state index contributed by atoms with van der Waals surface area (Å²) in [5.41, 5.74) is 2.55. The lowest BCUT2D eigenvalue weighted by molar-refractivity contribution is 1.11. The van der Waals surface area contributed by atoms with Crippen LogP contribution in [0.2, 0.25) is 0 Å². The lowest BCUT2D eigenvalue weighted by Crippen LogP contribution is -1.83. The normalized spacial score (nSPS) is 16.9. The predicted octanol–water partition coefficient (Wildman–Crippen LogP) is 3.51. The van der Waals surface area contributed by atoms with Crippen LogP contribution in [-0.2, 0) is 0 Å². The van der Waals surface area contributed by atoms with Crippen LogP contribution < -0.4 is 0 Å². The molecule has 0 nitrogen and oxygen atoms in total. The molecule has 11 heavy (non-hydrogen) atoms. The molecule has 1 aliphatic carbocycles. The van der Waals surface area contributed by atoms with Gasteiger partial charge < -0.3 is 0 Å². The van der Waals surface area contributed by atoms with Gasteiger partial charge in [-0.05, 0) is 36.8 Å². The maximum Gasteiger partial charge on any atom is 0.0242 e. The van der Waals surface area contributed by atoms with Crippen LogP contribution in [0, 0.1) is 6.92 Å². The van der Waals surface area contributed by atoms with E-state index in [2.05, 4.69) is 35.0 Å². The van der Waals surface area contributed by atoms with E-state index in [1.165, 1.54) is 22.9 Å². The van der Waals surface area contributed by atoms with Gasteiger partial charge in [-0.3, -0.25) is 0 Å². The summed E-state index contributed by atoms with van der Waals surface area (Å²) in [5, 5.41) is 0. The SMILES string of the molecule is [CH2]c1cccc(C2CC2)c1Br. The molecule has 1 radical (unpaired) electrons. The van der Waals surface area contributed by atoms with Gasteiger partial charge in [0.05, 0.1) is 0 Å². The van der Waals surface area contributed by atoms with Crippen molar-refractivity contribution in [3.05, 3.63) is 40.7 Å². The number of benzene rings is 1. The third-order valence-corrected chi connectivity index (χ3v) is 3.09. The van der Waals surface area contributed by atoms with E-state index in [4.69, 9.17) is 0 Å². The van der Waals surface area contributed by atoms with Crippen molar-refractivity contribution < 1.29 is 0 Å². The zero-order valence-corrected chi connectivity index (χ0v) is 7.89. The Morgan fingerprint density at radius 2 is 2.09 bits per heavy atom. The quantitative estimate of drug-likeness (QED) is 0.665. The van der Waals surface area contributed by atoms with Gasteiger partial charge in [-0.15, -0.1) is 0 Å². The van der Waals surface area contributed by atoms with Crippen LogP contribution in [0.4, 0.5) is 0 Å². The van der Waals surface area contributed by atoms with Crippen LogP contribution in [0.15, 0.2) is 22.7 Å². The Labute approximate surface area is 75.8 Å². The highest BCUT2D eigenvalue weighted by Gasteiger charge is 2.25. The fourth-order valence-electron chi connectivity index (χ4n) is 1.31. The molecule has 1 saturated carbocycles. The lowest BCUT2D eigenvalue weighted by atomic mass is 10.1.